The smallest absolute Gasteiger partial charge is 0.248 e. The zero-order valence-electron chi connectivity index (χ0n) is 11.5. The summed E-state index contributed by atoms with van der Waals surface area (Å²) in [5.74, 6) is 0.584. The predicted molar refractivity (Wildman–Crippen MR) is 74.3 cm³/mol. The number of aryl methyl sites for hydroxylation is 1. The second-order valence-corrected chi connectivity index (χ2v) is 6.50. The molecule has 110 valence electrons. The van der Waals surface area contributed by atoms with Gasteiger partial charge in [0.1, 0.15) is 10.7 Å². The van der Waals surface area contributed by atoms with E-state index in [4.69, 9.17) is 10.2 Å². The number of anilines is 1. The topological polar surface area (TPSA) is 94.4 Å². The van der Waals surface area contributed by atoms with Gasteiger partial charge in [-0.2, -0.15) is 9.40 Å². The monoisotopic (exact) mass is 298 g/mol. The van der Waals surface area contributed by atoms with Gasteiger partial charge in [-0.15, -0.1) is 0 Å². The third-order valence-electron chi connectivity index (χ3n) is 2.85. The fraction of sp³-hybridized carbons (Fsp3) is 0.417. The van der Waals surface area contributed by atoms with Crippen molar-refractivity contribution < 1.29 is 12.8 Å². The van der Waals surface area contributed by atoms with Gasteiger partial charge in [0, 0.05) is 19.8 Å². The van der Waals surface area contributed by atoms with Crippen molar-refractivity contribution in [2.45, 2.75) is 31.3 Å². The van der Waals surface area contributed by atoms with Crippen LogP contribution in [0.4, 0.5) is 5.82 Å². The number of nitrogens with two attached hydrogens (primary N) is 1. The molecular weight excluding hydrogens is 280 g/mol. The lowest BCUT2D eigenvalue weighted by Crippen LogP contribution is -2.26. The Labute approximate surface area is 118 Å². The molecule has 0 aromatic carbocycles. The summed E-state index contributed by atoms with van der Waals surface area (Å²) in [6, 6.07) is 3.43. The van der Waals surface area contributed by atoms with E-state index in [2.05, 4.69) is 5.10 Å². The van der Waals surface area contributed by atoms with Crippen LogP contribution in [0.1, 0.15) is 19.1 Å². The third kappa shape index (κ3) is 2.86. The maximum Gasteiger partial charge on any atom is 0.248 e. The van der Waals surface area contributed by atoms with Crippen molar-refractivity contribution in [1.29, 1.82) is 0 Å². The van der Waals surface area contributed by atoms with Gasteiger partial charge >= 0.3 is 0 Å². The Bertz CT molecular complexity index is 661. The minimum atomic E-state index is -3.68. The third-order valence-corrected chi connectivity index (χ3v) is 4.67. The van der Waals surface area contributed by atoms with Crippen molar-refractivity contribution in [3.63, 3.8) is 0 Å². The maximum atomic E-state index is 12.4. The van der Waals surface area contributed by atoms with Gasteiger partial charge in [0.15, 0.2) is 5.82 Å². The fourth-order valence-corrected chi connectivity index (χ4v) is 3.03. The Morgan fingerprint density at radius 2 is 2.25 bits per heavy atom. The maximum absolute atomic E-state index is 12.4. The first-order valence-corrected chi connectivity index (χ1v) is 7.70. The number of aromatic nitrogens is 2. The van der Waals surface area contributed by atoms with E-state index in [0.29, 0.717) is 12.3 Å². The van der Waals surface area contributed by atoms with E-state index in [9.17, 15) is 8.42 Å². The van der Waals surface area contributed by atoms with Crippen molar-refractivity contribution >= 4 is 15.8 Å². The number of nitrogen functional groups attached to an aromatic ring is 1. The summed E-state index contributed by atoms with van der Waals surface area (Å²) in [6.45, 7) is 2.75. The van der Waals surface area contributed by atoms with Crippen LogP contribution in [0.3, 0.4) is 0 Å². The summed E-state index contributed by atoms with van der Waals surface area (Å²) in [5, 5.41) is 4.01. The normalized spacial score (nSPS) is 12.2. The second kappa shape index (κ2) is 5.68. The molecule has 7 nitrogen and oxygen atoms in total. The lowest BCUT2D eigenvalue weighted by atomic mass is 10.4. The first-order chi connectivity index (χ1) is 9.45. The van der Waals surface area contributed by atoms with Crippen LogP contribution in [0, 0.1) is 0 Å². The highest BCUT2D eigenvalue weighted by Crippen LogP contribution is 2.21. The van der Waals surface area contributed by atoms with Crippen LogP contribution in [0.2, 0.25) is 0 Å². The first-order valence-electron chi connectivity index (χ1n) is 6.26. The van der Waals surface area contributed by atoms with E-state index in [-0.39, 0.29) is 17.3 Å². The largest absolute Gasteiger partial charge is 0.468 e. The molecule has 2 aromatic rings. The van der Waals surface area contributed by atoms with Crippen molar-refractivity contribution in [2.75, 3.05) is 12.8 Å². The number of nitrogens with zero attached hydrogens (tertiary/aromatic N) is 3. The summed E-state index contributed by atoms with van der Waals surface area (Å²) >= 11 is 0. The molecule has 0 saturated carbocycles. The highest BCUT2D eigenvalue weighted by Gasteiger charge is 2.26. The highest BCUT2D eigenvalue weighted by molar-refractivity contribution is 7.89. The zero-order chi connectivity index (χ0) is 14.8. The van der Waals surface area contributed by atoms with Gasteiger partial charge in [0.2, 0.25) is 10.0 Å². The minimum absolute atomic E-state index is 0.0183. The summed E-state index contributed by atoms with van der Waals surface area (Å²) in [5.41, 5.74) is 5.71. The molecule has 0 saturated heterocycles. The predicted octanol–water partition coefficient (Wildman–Crippen LogP) is 1.29. The Kier molecular flexibility index (Phi) is 4.15. The van der Waals surface area contributed by atoms with Crippen LogP contribution < -0.4 is 5.73 Å². The van der Waals surface area contributed by atoms with E-state index in [1.807, 2.05) is 6.92 Å². The number of furan rings is 1. The zero-order valence-corrected chi connectivity index (χ0v) is 12.3. The summed E-state index contributed by atoms with van der Waals surface area (Å²) < 4.78 is 32.8. The molecule has 0 aliphatic heterocycles. The lowest BCUT2D eigenvalue weighted by molar-refractivity contribution is 0.406. The standard InChI is InChI=1S/C12H18N4O3S/c1-3-6-16-9-11(12(13)14-16)20(17,18)15(2)8-10-5-4-7-19-10/h4-5,7,9H,3,6,8H2,1-2H3,(H2,13,14). The SMILES string of the molecule is CCCn1cc(S(=O)(=O)N(C)Cc2ccco2)c(N)n1. The van der Waals surface area contributed by atoms with Gasteiger partial charge in [-0.05, 0) is 18.6 Å². The Morgan fingerprint density at radius 3 is 2.85 bits per heavy atom. The van der Waals surface area contributed by atoms with Crippen molar-refractivity contribution in [2.24, 2.45) is 0 Å². The van der Waals surface area contributed by atoms with Crippen molar-refractivity contribution in [3.8, 4) is 0 Å². The Balaban J connectivity index is 2.25. The van der Waals surface area contributed by atoms with E-state index >= 15 is 0 Å². The van der Waals surface area contributed by atoms with E-state index in [0.717, 1.165) is 6.42 Å². The molecule has 2 rings (SSSR count). The quantitative estimate of drug-likeness (QED) is 0.867. The van der Waals surface area contributed by atoms with Crippen LogP contribution in [0.5, 0.6) is 0 Å². The van der Waals surface area contributed by atoms with Crippen LogP contribution in [-0.2, 0) is 23.1 Å². The van der Waals surface area contributed by atoms with Crippen LogP contribution >= 0.6 is 0 Å². The molecule has 0 aliphatic carbocycles. The molecule has 0 bridgehead atoms. The molecule has 0 aliphatic rings. The molecule has 0 radical (unpaired) electrons. The molecule has 0 spiro atoms. The average Bonchev–Trinajstić information content (AvgIpc) is 2.99. The molecule has 0 fully saturated rings. The molecule has 2 heterocycles. The Hall–Kier alpha value is -1.80. The Morgan fingerprint density at radius 1 is 1.50 bits per heavy atom. The molecule has 8 heteroatoms. The van der Waals surface area contributed by atoms with Crippen molar-refractivity contribution in [3.05, 3.63) is 30.4 Å². The number of sulfonamides is 1. The van der Waals surface area contributed by atoms with Crippen LogP contribution in [0.25, 0.3) is 0 Å². The molecule has 2 N–H and O–H groups in total. The number of rotatable bonds is 6. The van der Waals surface area contributed by atoms with Gasteiger partial charge in [0.25, 0.3) is 0 Å². The summed E-state index contributed by atoms with van der Waals surface area (Å²) in [7, 11) is -2.20. The molecule has 0 unspecified atom stereocenters. The highest BCUT2D eigenvalue weighted by atomic mass is 32.2. The van der Waals surface area contributed by atoms with Gasteiger partial charge in [-0.1, -0.05) is 6.92 Å². The minimum Gasteiger partial charge on any atom is -0.468 e. The number of hydrogen-bond acceptors (Lipinski definition) is 5. The van der Waals surface area contributed by atoms with Gasteiger partial charge in [0.05, 0.1) is 12.8 Å². The van der Waals surface area contributed by atoms with Crippen LogP contribution in [-0.4, -0.2) is 29.6 Å². The van der Waals surface area contributed by atoms with E-state index < -0.39 is 10.0 Å². The second-order valence-electron chi connectivity index (χ2n) is 4.48. The molecule has 0 atom stereocenters. The van der Waals surface area contributed by atoms with Gasteiger partial charge in [-0.25, -0.2) is 8.42 Å². The average molecular weight is 298 g/mol. The van der Waals surface area contributed by atoms with E-state index in [1.54, 1.807) is 16.8 Å². The van der Waals surface area contributed by atoms with Crippen LogP contribution in [0.15, 0.2) is 33.9 Å². The summed E-state index contributed by atoms with van der Waals surface area (Å²) in [4.78, 5) is 0.0278. The molecule has 20 heavy (non-hydrogen) atoms. The van der Waals surface area contributed by atoms with Gasteiger partial charge in [-0.3, -0.25) is 4.68 Å². The summed E-state index contributed by atoms with van der Waals surface area (Å²) in [6.07, 6.45) is 3.82. The van der Waals surface area contributed by atoms with Crippen molar-refractivity contribution in [1.82, 2.24) is 14.1 Å². The molecular formula is C12H18N4O3S. The van der Waals surface area contributed by atoms with E-state index in [1.165, 1.54) is 23.8 Å². The molecule has 0 amide bonds. The lowest BCUT2D eigenvalue weighted by Gasteiger charge is -2.14. The first kappa shape index (κ1) is 14.6. The number of hydrogen-bond donors (Lipinski definition) is 1. The van der Waals surface area contributed by atoms with Gasteiger partial charge < -0.3 is 10.2 Å². The molecule has 2 aromatic heterocycles. The fourth-order valence-electron chi connectivity index (χ4n) is 1.84.